The molecule has 3 rings (SSSR count). The standard InChI is InChI=1S/C19H13F6NO4S/c20-18(21,22)13-5-11(6-14(8-13)19(23,24)25)9-26-10-12(7-17(27)28)15-3-1-2-4-16(15)31(26,29)30/h1-8H,9-10H2,(H,27,28)/b12-7+. The minimum absolute atomic E-state index is 0.0425. The van der Waals surface area contributed by atoms with E-state index in [0.29, 0.717) is 16.4 Å². The Morgan fingerprint density at radius 2 is 1.55 bits per heavy atom. The van der Waals surface area contributed by atoms with E-state index >= 15 is 0 Å². The van der Waals surface area contributed by atoms with Crippen LogP contribution in [0.25, 0.3) is 5.57 Å². The summed E-state index contributed by atoms with van der Waals surface area (Å²) in [6, 6.07) is 6.20. The van der Waals surface area contributed by atoms with Crippen molar-refractivity contribution in [1.82, 2.24) is 4.31 Å². The molecule has 1 aliphatic rings. The van der Waals surface area contributed by atoms with E-state index in [1.54, 1.807) is 0 Å². The van der Waals surface area contributed by atoms with Crippen molar-refractivity contribution >= 4 is 21.6 Å². The summed E-state index contributed by atoms with van der Waals surface area (Å²) >= 11 is 0. The summed E-state index contributed by atoms with van der Waals surface area (Å²) in [4.78, 5) is 10.8. The maximum absolute atomic E-state index is 13.1. The van der Waals surface area contributed by atoms with Crippen LogP contribution in [0.3, 0.4) is 0 Å². The fraction of sp³-hybridized carbons (Fsp3) is 0.211. The van der Waals surface area contributed by atoms with Crippen molar-refractivity contribution in [1.29, 1.82) is 0 Å². The van der Waals surface area contributed by atoms with E-state index in [1.165, 1.54) is 24.3 Å². The first-order valence-corrected chi connectivity index (χ1v) is 9.95. The van der Waals surface area contributed by atoms with Gasteiger partial charge in [0.1, 0.15) is 0 Å². The van der Waals surface area contributed by atoms with Crippen molar-refractivity contribution in [2.24, 2.45) is 0 Å². The molecule has 0 amide bonds. The molecule has 0 atom stereocenters. The molecule has 31 heavy (non-hydrogen) atoms. The van der Waals surface area contributed by atoms with E-state index < -0.39 is 58.1 Å². The molecule has 1 aliphatic heterocycles. The van der Waals surface area contributed by atoms with Gasteiger partial charge in [0.05, 0.1) is 16.0 Å². The molecule has 166 valence electrons. The van der Waals surface area contributed by atoms with Crippen LogP contribution in [0.15, 0.2) is 53.4 Å². The Morgan fingerprint density at radius 1 is 1.00 bits per heavy atom. The molecule has 0 unspecified atom stereocenters. The van der Waals surface area contributed by atoms with Gasteiger partial charge < -0.3 is 5.11 Å². The molecule has 0 spiro atoms. The maximum atomic E-state index is 13.1. The Hall–Kier alpha value is -2.86. The summed E-state index contributed by atoms with van der Waals surface area (Å²) < 4.78 is 105. The third-order valence-electron chi connectivity index (χ3n) is 4.50. The highest BCUT2D eigenvalue weighted by molar-refractivity contribution is 7.89. The van der Waals surface area contributed by atoms with Crippen LogP contribution in [0.1, 0.15) is 22.3 Å². The number of hydrogen-bond acceptors (Lipinski definition) is 3. The fourth-order valence-electron chi connectivity index (χ4n) is 3.18. The molecule has 0 aliphatic carbocycles. The monoisotopic (exact) mass is 465 g/mol. The third kappa shape index (κ3) is 4.74. The van der Waals surface area contributed by atoms with Crippen molar-refractivity contribution in [3.05, 3.63) is 70.8 Å². The van der Waals surface area contributed by atoms with Gasteiger partial charge in [0, 0.05) is 19.2 Å². The van der Waals surface area contributed by atoms with Crippen LogP contribution in [-0.4, -0.2) is 30.3 Å². The van der Waals surface area contributed by atoms with Gasteiger partial charge in [0.2, 0.25) is 10.0 Å². The van der Waals surface area contributed by atoms with Crippen molar-refractivity contribution < 1.29 is 44.7 Å². The van der Waals surface area contributed by atoms with Crippen molar-refractivity contribution in [3.8, 4) is 0 Å². The van der Waals surface area contributed by atoms with Crippen LogP contribution < -0.4 is 0 Å². The van der Waals surface area contributed by atoms with Gasteiger partial charge in [0.15, 0.2) is 0 Å². The van der Waals surface area contributed by atoms with Crippen molar-refractivity contribution in [2.75, 3.05) is 6.54 Å². The van der Waals surface area contributed by atoms with Crippen LogP contribution >= 0.6 is 0 Å². The highest BCUT2D eigenvalue weighted by Crippen LogP contribution is 2.38. The minimum atomic E-state index is -5.09. The first-order chi connectivity index (χ1) is 14.2. The number of sulfonamides is 1. The molecule has 5 nitrogen and oxygen atoms in total. The van der Waals surface area contributed by atoms with E-state index in [9.17, 15) is 39.6 Å². The predicted octanol–water partition coefficient (Wildman–Crippen LogP) is 4.40. The highest BCUT2D eigenvalue weighted by atomic mass is 32.2. The van der Waals surface area contributed by atoms with Gasteiger partial charge in [-0.3, -0.25) is 0 Å². The zero-order valence-corrected chi connectivity index (χ0v) is 16.1. The summed E-state index contributed by atoms with van der Waals surface area (Å²) in [5.41, 5.74) is -3.55. The average Bonchev–Trinajstić information content (AvgIpc) is 2.64. The van der Waals surface area contributed by atoms with Gasteiger partial charge >= 0.3 is 18.3 Å². The molecule has 0 saturated heterocycles. The van der Waals surface area contributed by atoms with E-state index in [0.717, 1.165) is 6.08 Å². The van der Waals surface area contributed by atoms with E-state index in [4.69, 9.17) is 5.11 Å². The lowest BCUT2D eigenvalue weighted by Crippen LogP contribution is -2.36. The zero-order valence-electron chi connectivity index (χ0n) is 15.3. The fourth-order valence-corrected chi connectivity index (χ4v) is 4.82. The minimum Gasteiger partial charge on any atom is -0.478 e. The Kier molecular flexibility index (Phi) is 5.65. The smallest absolute Gasteiger partial charge is 0.416 e. The summed E-state index contributed by atoms with van der Waals surface area (Å²) in [5.74, 6) is -1.39. The Labute approximate surface area is 172 Å². The molecule has 0 aromatic heterocycles. The van der Waals surface area contributed by atoms with E-state index in [-0.39, 0.29) is 22.1 Å². The lowest BCUT2D eigenvalue weighted by atomic mass is 10.0. The molecular formula is C19H13F6NO4S. The molecule has 1 N–H and O–H groups in total. The SMILES string of the molecule is O=C(O)/C=C1\CN(Cc2cc(C(F)(F)F)cc(C(F)(F)F)c2)S(=O)(=O)c2ccccc21. The van der Waals surface area contributed by atoms with Gasteiger partial charge in [0.25, 0.3) is 0 Å². The number of fused-ring (bicyclic) bond motifs is 1. The lowest BCUT2D eigenvalue weighted by molar-refractivity contribution is -0.143. The number of carbonyl (C=O) groups is 1. The zero-order chi connectivity index (χ0) is 23.2. The second kappa shape index (κ2) is 7.68. The Balaban J connectivity index is 2.11. The summed E-state index contributed by atoms with van der Waals surface area (Å²) in [5, 5.41) is 9.05. The molecule has 2 aromatic carbocycles. The molecular weight excluding hydrogens is 452 g/mol. The van der Waals surface area contributed by atoms with Crippen LogP contribution in [0, 0.1) is 0 Å². The number of alkyl halides is 6. The number of hydrogen-bond donors (Lipinski definition) is 1. The predicted molar refractivity (Wildman–Crippen MR) is 96.1 cm³/mol. The molecule has 0 bridgehead atoms. The van der Waals surface area contributed by atoms with Gasteiger partial charge in [-0.2, -0.15) is 30.6 Å². The Morgan fingerprint density at radius 3 is 2.06 bits per heavy atom. The van der Waals surface area contributed by atoms with Gasteiger partial charge in [-0.1, -0.05) is 18.2 Å². The van der Waals surface area contributed by atoms with E-state index in [1.807, 2.05) is 0 Å². The first kappa shape index (κ1) is 22.8. The van der Waals surface area contributed by atoms with Crippen molar-refractivity contribution in [2.45, 2.75) is 23.8 Å². The number of rotatable bonds is 3. The van der Waals surface area contributed by atoms with Crippen LogP contribution in [0.2, 0.25) is 0 Å². The molecule has 0 radical (unpaired) electrons. The maximum Gasteiger partial charge on any atom is 0.416 e. The first-order valence-electron chi connectivity index (χ1n) is 8.51. The van der Waals surface area contributed by atoms with Gasteiger partial charge in [-0.15, -0.1) is 0 Å². The van der Waals surface area contributed by atoms with Crippen LogP contribution in [-0.2, 0) is 33.7 Å². The third-order valence-corrected chi connectivity index (χ3v) is 6.35. The van der Waals surface area contributed by atoms with E-state index in [2.05, 4.69) is 0 Å². The molecule has 0 saturated carbocycles. The lowest BCUT2D eigenvalue weighted by Gasteiger charge is -2.30. The summed E-state index contributed by atoms with van der Waals surface area (Å²) in [6.45, 7) is -1.36. The number of halogens is 6. The number of carboxylic acid groups (broad SMARTS) is 1. The second-order valence-electron chi connectivity index (χ2n) is 6.69. The average molecular weight is 465 g/mol. The van der Waals surface area contributed by atoms with Crippen LogP contribution in [0.5, 0.6) is 0 Å². The topological polar surface area (TPSA) is 74.7 Å². The van der Waals surface area contributed by atoms with Gasteiger partial charge in [-0.05, 0) is 41.0 Å². The number of carboxylic acids is 1. The quantitative estimate of drug-likeness (QED) is 0.539. The van der Waals surface area contributed by atoms with Crippen molar-refractivity contribution in [3.63, 3.8) is 0 Å². The summed E-state index contributed by atoms with van der Waals surface area (Å²) in [6.07, 6.45) is -9.43. The number of nitrogens with zero attached hydrogens (tertiary/aromatic N) is 1. The normalized spacial score (nSPS) is 18.1. The van der Waals surface area contributed by atoms with Crippen LogP contribution in [0.4, 0.5) is 26.3 Å². The number of aliphatic carboxylic acids is 1. The molecule has 12 heteroatoms. The number of benzene rings is 2. The molecule has 2 aromatic rings. The molecule has 0 fully saturated rings. The Bertz CT molecular complexity index is 1140. The molecule has 1 heterocycles. The highest BCUT2D eigenvalue weighted by Gasteiger charge is 2.38. The summed E-state index contributed by atoms with van der Waals surface area (Å²) in [7, 11) is -4.31. The largest absolute Gasteiger partial charge is 0.478 e. The van der Waals surface area contributed by atoms with Gasteiger partial charge in [-0.25, -0.2) is 13.2 Å². The second-order valence-corrected chi connectivity index (χ2v) is 8.60.